The minimum absolute atomic E-state index is 0.200. The maximum absolute atomic E-state index is 11.0. The van der Waals surface area contributed by atoms with Gasteiger partial charge in [0.2, 0.25) is 0 Å². The molecule has 0 radical (unpaired) electrons. The molecule has 3 rings (SSSR count). The van der Waals surface area contributed by atoms with E-state index in [2.05, 4.69) is 79.7 Å². The van der Waals surface area contributed by atoms with Gasteiger partial charge in [-0.25, -0.2) is 0 Å². The molecule has 1 aliphatic carbocycles. The number of benzene rings is 2. The minimum Gasteiger partial charge on any atom is -0.507 e. The highest BCUT2D eigenvalue weighted by Crippen LogP contribution is 2.31. The molecule has 1 saturated carbocycles. The van der Waals surface area contributed by atoms with Crippen LogP contribution in [0.1, 0.15) is 108 Å². The molecule has 2 aromatic carbocycles. The Hall–Kier alpha value is -2.62. The van der Waals surface area contributed by atoms with Crippen molar-refractivity contribution in [2.75, 3.05) is 0 Å². The van der Waals surface area contributed by atoms with E-state index >= 15 is 0 Å². The first-order valence-electron chi connectivity index (χ1n) is 15.2. The zero-order chi connectivity index (χ0) is 28.7. The van der Waals surface area contributed by atoms with E-state index in [9.17, 15) is 10.2 Å². The van der Waals surface area contributed by atoms with Gasteiger partial charge in [-0.15, -0.1) is 0 Å². The third-order valence-electron chi connectivity index (χ3n) is 7.33. The van der Waals surface area contributed by atoms with E-state index in [1.54, 1.807) is 0 Å². The summed E-state index contributed by atoms with van der Waals surface area (Å²) in [5.41, 5.74) is 6.25. The number of nitrogens with zero attached hydrogens (tertiary/aromatic N) is 2. The van der Waals surface area contributed by atoms with Gasteiger partial charge in [-0.1, -0.05) is 67.5 Å². The van der Waals surface area contributed by atoms with Gasteiger partial charge in [-0.05, 0) is 103 Å². The van der Waals surface area contributed by atoms with Crippen LogP contribution in [-0.2, 0) is 25.7 Å². The summed E-state index contributed by atoms with van der Waals surface area (Å²) in [5, 5.41) is 21.9. The standard InChI is InChI=1S/C35H52N2O2/c1-22(2)11-26-15-28(13-24(5)6)34(38)30(17-26)20-36-32-9-10-33(19-32)37-21-31-18-27(12-23(3)4)16-29(35(31)39)14-25(7)8/h15-18,20-25,32-33,38-39H,9-14,19H2,1-8H3. The molecule has 1 aliphatic rings. The van der Waals surface area contributed by atoms with Crippen molar-refractivity contribution in [1.29, 1.82) is 0 Å². The summed E-state index contributed by atoms with van der Waals surface area (Å²) in [4.78, 5) is 9.81. The van der Waals surface area contributed by atoms with E-state index < -0.39 is 0 Å². The Bertz CT molecular complexity index is 1050. The highest BCUT2D eigenvalue weighted by Gasteiger charge is 2.23. The smallest absolute Gasteiger partial charge is 0.127 e. The highest BCUT2D eigenvalue weighted by atomic mass is 16.3. The molecular weight excluding hydrogens is 480 g/mol. The van der Waals surface area contributed by atoms with Gasteiger partial charge in [-0.3, -0.25) is 9.98 Å². The molecule has 0 bridgehead atoms. The van der Waals surface area contributed by atoms with E-state index in [4.69, 9.17) is 9.98 Å². The second-order valence-electron chi connectivity index (χ2n) is 13.5. The Morgan fingerprint density at radius 1 is 0.615 bits per heavy atom. The largest absolute Gasteiger partial charge is 0.507 e. The van der Waals surface area contributed by atoms with Crippen molar-refractivity contribution in [3.8, 4) is 11.5 Å². The van der Waals surface area contributed by atoms with Crippen molar-refractivity contribution in [2.45, 2.75) is 112 Å². The maximum Gasteiger partial charge on any atom is 0.127 e. The molecule has 2 aromatic rings. The number of phenols is 2. The van der Waals surface area contributed by atoms with Crippen LogP contribution in [0.5, 0.6) is 11.5 Å². The van der Waals surface area contributed by atoms with Gasteiger partial charge in [0.05, 0.1) is 12.1 Å². The molecule has 1 fully saturated rings. The van der Waals surface area contributed by atoms with Gasteiger partial charge >= 0.3 is 0 Å². The Labute approximate surface area is 237 Å². The number of rotatable bonds is 12. The molecular formula is C35H52N2O2. The summed E-state index contributed by atoms with van der Waals surface area (Å²) in [6.07, 6.45) is 10.4. The predicted molar refractivity (Wildman–Crippen MR) is 167 cm³/mol. The summed E-state index contributed by atoms with van der Waals surface area (Å²) >= 11 is 0. The molecule has 0 saturated heterocycles. The number of aliphatic imine (C=N–C) groups is 2. The topological polar surface area (TPSA) is 65.2 Å². The van der Waals surface area contributed by atoms with Crippen LogP contribution in [0.2, 0.25) is 0 Å². The van der Waals surface area contributed by atoms with Crippen LogP contribution >= 0.6 is 0 Å². The summed E-state index contributed by atoms with van der Waals surface area (Å²) < 4.78 is 0. The second-order valence-corrected chi connectivity index (χ2v) is 13.5. The number of hydrogen-bond acceptors (Lipinski definition) is 4. The molecule has 0 aliphatic heterocycles. The lowest BCUT2D eigenvalue weighted by Crippen LogP contribution is -2.05. The summed E-state index contributed by atoms with van der Waals surface area (Å²) in [7, 11) is 0. The molecule has 0 amide bonds. The van der Waals surface area contributed by atoms with Gasteiger partial charge in [0.15, 0.2) is 0 Å². The van der Waals surface area contributed by atoms with Gasteiger partial charge in [0.1, 0.15) is 11.5 Å². The van der Waals surface area contributed by atoms with Crippen LogP contribution in [0.25, 0.3) is 0 Å². The van der Waals surface area contributed by atoms with Crippen molar-refractivity contribution in [3.05, 3.63) is 57.6 Å². The van der Waals surface area contributed by atoms with Crippen molar-refractivity contribution < 1.29 is 10.2 Å². The molecule has 2 N–H and O–H groups in total. The molecule has 0 heterocycles. The lowest BCUT2D eigenvalue weighted by Gasteiger charge is -2.14. The molecule has 2 atom stereocenters. The normalized spacial score (nSPS) is 18.3. The lowest BCUT2D eigenvalue weighted by atomic mass is 9.93. The first-order chi connectivity index (χ1) is 18.4. The van der Waals surface area contributed by atoms with Crippen molar-refractivity contribution in [1.82, 2.24) is 0 Å². The maximum atomic E-state index is 11.0. The van der Waals surface area contributed by atoms with E-state index in [1.165, 1.54) is 11.1 Å². The Balaban J connectivity index is 1.74. The van der Waals surface area contributed by atoms with Crippen LogP contribution in [0.3, 0.4) is 0 Å². The lowest BCUT2D eigenvalue weighted by molar-refractivity contribution is 0.460. The molecule has 214 valence electrons. The molecule has 4 heteroatoms. The molecule has 4 nitrogen and oxygen atoms in total. The van der Waals surface area contributed by atoms with Crippen molar-refractivity contribution >= 4 is 12.4 Å². The monoisotopic (exact) mass is 532 g/mol. The predicted octanol–water partition coefficient (Wildman–Crippen LogP) is 8.35. The van der Waals surface area contributed by atoms with Gasteiger partial charge in [0.25, 0.3) is 0 Å². The fraction of sp³-hybridized carbons (Fsp3) is 0.600. The second kappa shape index (κ2) is 14.1. The Kier molecular flexibility index (Phi) is 11.2. The van der Waals surface area contributed by atoms with Crippen LogP contribution in [0.4, 0.5) is 0 Å². The van der Waals surface area contributed by atoms with Gasteiger partial charge in [-0.2, -0.15) is 0 Å². The average molecular weight is 533 g/mol. The average Bonchev–Trinajstić information content (AvgIpc) is 3.27. The summed E-state index contributed by atoms with van der Waals surface area (Å²) in [5.74, 6) is 2.84. The Morgan fingerprint density at radius 2 is 0.974 bits per heavy atom. The summed E-state index contributed by atoms with van der Waals surface area (Å²) in [6.45, 7) is 17.7. The quantitative estimate of drug-likeness (QED) is 0.270. The molecule has 39 heavy (non-hydrogen) atoms. The van der Waals surface area contributed by atoms with Crippen LogP contribution in [-0.4, -0.2) is 34.7 Å². The third-order valence-corrected chi connectivity index (χ3v) is 7.33. The zero-order valence-corrected chi connectivity index (χ0v) is 25.7. The van der Waals surface area contributed by atoms with E-state index in [-0.39, 0.29) is 12.1 Å². The fourth-order valence-corrected chi connectivity index (χ4v) is 5.72. The van der Waals surface area contributed by atoms with Crippen LogP contribution in [0, 0.1) is 23.7 Å². The zero-order valence-electron chi connectivity index (χ0n) is 25.7. The molecule has 2 unspecified atom stereocenters. The highest BCUT2D eigenvalue weighted by molar-refractivity contribution is 5.85. The number of aromatic hydroxyl groups is 2. The van der Waals surface area contributed by atoms with Crippen LogP contribution in [0.15, 0.2) is 34.3 Å². The van der Waals surface area contributed by atoms with E-state index in [1.807, 2.05) is 12.4 Å². The van der Waals surface area contributed by atoms with Crippen molar-refractivity contribution in [3.63, 3.8) is 0 Å². The van der Waals surface area contributed by atoms with Crippen molar-refractivity contribution in [2.24, 2.45) is 33.7 Å². The third kappa shape index (κ3) is 9.51. The number of hydrogen-bond donors (Lipinski definition) is 2. The minimum atomic E-state index is 0.200. The summed E-state index contributed by atoms with van der Waals surface area (Å²) in [6, 6.07) is 8.96. The van der Waals surface area contributed by atoms with E-state index in [0.29, 0.717) is 35.2 Å². The van der Waals surface area contributed by atoms with Crippen LogP contribution < -0.4 is 0 Å². The Morgan fingerprint density at radius 3 is 1.31 bits per heavy atom. The van der Waals surface area contributed by atoms with E-state index in [0.717, 1.165) is 67.2 Å². The fourth-order valence-electron chi connectivity index (χ4n) is 5.72. The first-order valence-corrected chi connectivity index (χ1v) is 15.2. The van der Waals surface area contributed by atoms with Gasteiger partial charge < -0.3 is 10.2 Å². The van der Waals surface area contributed by atoms with Gasteiger partial charge in [0, 0.05) is 23.6 Å². The number of phenolic OH excluding ortho intramolecular Hbond substituents is 2. The SMILES string of the molecule is CC(C)Cc1cc(C=NC2CCC(N=Cc3cc(CC(C)C)cc(CC(C)C)c3O)C2)c(O)c(CC(C)C)c1. The molecule has 0 spiro atoms. The first kappa shape index (κ1) is 30.9. The molecule has 0 aromatic heterocycles.